The Morgan fingerprint density at radius 2 is 1.88 bits per heavy atom. The van der Waals surface area contributed by atoms with Gasteiger partial charge in [0, 0.05) is 28.3 Å². The summed E-state index contributed by atoms with van der Waals surface area (Å²) in [6.07, 6.45) is 1.77. The Labute approximate surface area is 203 Å². The van der Waals surface area contributed by atoms with Crippen LogP contribution in [0.1, 0.15) is 11.1 Å². The second-order valence-electron chi connectivity index (χ2n) is 7.72. The third kappa shape index (κ3) is 3.70. The molecule has 7 nitrogen and oxygen atoms in total. The highest BCUT2D eigenvalue weighted by molar-refractivity contribution is 9.10. The maximum Gasteiger partial charge on any atom is 0.275 e. The van der Waals surface area contributed by atoms with Crippen molar-refractivity contribution in [2.24, 2.45) is 0 Å². The van der Waals surface area contributed by atoms with Gasteiger partial charge in [0.05, 0.1) is 21.3 Å². The Morgan fingerprint density at radius 1 is 1.12 bits per heavy atom. The van der Waals surface area contributed by atoms with Gasteiger partial charge in [0.1, 0.15) is 0 Å². The maximum atomic E-state index is 13.5. The zero-order valence-electron chi connectivity index (χ0n) is 17.4. The summed E-state index contributed by atoms with van der Waals surface area (Å²) >= 11 is 9.58. The number of hydrogen-bond donors (Lipinski definition) is 1. The van der Waals surface area contributed by atoms with Crippen molar-refractivity contribution >= 4 is 43.4 Å². The second-order valence-corrected chi connectivity index (χ2v) is 10.8. The van der Waals surface area contributed by atoms with Crippen LogP contribution in [-0.2, 0) is 16.4 Å². The van der Waals surface area contributed by atoms with Crippen LogP contribution >= 0.6 is 27.5 Å². The summed E-state index contributed by atoms with van der Waals surface area (Å²) in [5.41, 5.74) is 2.86. The van der Waals surface area contributed by atoms with E-state index in [9.17, 15) is 13.2 Å². The molecule has 0 saturated carbocycles. The number of nitrogens with zero attached hydrogens (tertiary/aromatic N) is 3. The fourth-order valence-corrected chi connectivity index (χ4v) is 5.77. The molecule has 0 fully saturated rings. The Morgan fingerprint density at radius 3 is 2.61 bits per heavy atom. The lowest BCUT2D eigenvalue weighted by atomic mass is 10.1. The van der Waals surface area contributed by atoms with Crippen LogP contribution in [0.15, 0.2) is 75.0 Å². The zero-order valence-corrected chi connectivity index (χ0v) is 20.6. The van der Waals surface area contributed by atoms with Gasteiger partial charge in [-0.05, 0) is 71.7 Å². The molecule has 0 atom stereocenters. The molecule has 1 N–H and O–H groups in total. The van der Waals surface area contributed by atoms with E-state index < -0.39 is 10.0 Å². The highest BCUT2D eigenvalue weighted by Crippen LogP contribution is 2.36. The summed E-state index contributed by atoms with van der Waals surface area (Å²) in [5, 5.41) is 3.62. The quantitative estimate of drug-likeness (QED) is 0.404. The number of H-pyrrole nitrogens is 1. The molecule has 1 aliphatic heterocycles. The van der Waals surface area contributed by atoms with E-state index in [1.165, 1.54) is 8.99 Å². The van der Waals surface area contributed by atoms with E-state index in [-0.39, 0.29) is 29.2 Å². The molecule has 0 radical (unpaired) electrons. The molecule has 2 aromatic heterocycles. The first-order valence-corrected chi connectivity index (χ1v) is 12.7. The number of aromatic amines is 1. The molecule has 4 aromatic rings. The van der Waals surface area contributed by atoms with Gasteiger partial charge in [-0.1, -0.05) is 29.3 Å². The number of aromatic nitrogens is 3. The molecule has 0 bridgehead atoms. The number of halogens is 2. The standard InChI is InChI=1S/C23H18BrClN4O3S/c1-14-4-7-16(8-5-14)33(31,32)28-12-10-18-21(17-3-2-11-26-22(17)28)27-29(23(18)30)15-6-9-19(24)20(25)13-15/h2-9,11,13,27H,10,12H2,1H3. The molecular weight excluding hydrogens is 528 g/mol. The van der Waals surface area contributed by atoms with Gasteiger partial charge in [0.15, 0.2) is 5.82 Å². The number of benzene rings is 2. The first kappa shape index (κ1) is 21.9. The van der Waals surface area contributed by atoms with Crippen LogP contribution < -0.4 is 9.86 Å². The first-order valence-electron chi connectivity index (χ1n) is 10.1. The van der Waals surface area contributed by atoms with E-state index in [1.807, 2.05) is 6.92 Å². The molecular formula is C23H18BrClN4O3S. The van der Waals surface area contributed by atoms with Crippen LogP contribution in [0.3, 0.4) is 0 Å². The van der Waals surface area contributed by atoms with Crippen molar-refractivity contribution in [1.82, 2.24) is 14.8 Å². The van der Waals surface area contributed by atoms with E-state index >= 15 is 0 Å². The first-order chi connectivity index (χ1) is 15.8. The van der Waals surface area contributed by atoms with Crippen LogP contribution in [0.2, 0.25) is 5.02 Å². The fourth-order valence-electron chi connectivity index (χ4n) is 3.91. The van der Waals surface area contributed by atoms with E-state index in [2.05, 4.69) is 26.0 Å². The fraction of sp³-hybridized carbons (Fsp3) is 0.130. The lowest BCUT2D eigenvalue weighted by Gasteiger charge is -2.23. The second kappa shape index (κ2) is 8.16. The van der Waals surface area contributed by atoms with Crippen molar-refractivity contribution in [2.75, 3.05) is 10.8 Å². The summed E-state index contributed by atoms with van der Waals surface area (Å²) in [6.45, 7) is 1.98. The largest absolute Gasteiger partial charge is 0.290 e. The van der Waals surface area contributed by atoms with Gasteiger partial charge in [-0.25, -0.2) is 22.4 Å². The summed E-state index contributed by atoms with van der Waals surface area (Å²) < 4.78 is 30.4. The van der Waals surface area contributed by atoms with E-state index in [0.29, 0.717) is 27.5 Å². The molecule has 33 heavy (non-hydrogen) atoms. The van der Waals surface area contributed by atoms with Gasteiger partial charge in [-0.3, -0.25) is 9.89 Å². The molecule has 168 valence electrons. The number of anilines is 1. The number of sulfonamides is 1. The minimum Gasteiger partial charge on any atom is -0.290 e. The molecule has 10 heteroatoms. The lowest BCUT2D eigenvalue weighted by molar-refractivity contribution is 0.590. The van der Waals surface area contributed by atoms with Gasteiger partial charge in [-0.15, -0.1) is 0 Å². The Bertz CT molecular complexity index is 1540. The molecule has 5 rings (SSSR count). The van der Waals surface area contributed by atoms with Crippen LogP contribution in [0.4, 0.5) is 5.82 Å². The summed E-state index contributed by atoms with van der Waals surface area (Å²) in [5.74, 6) is 0.277. The Hall–Kier alpha value is -2.88. The van der Waals surface area contributed by atoms with Gasteiger partial charge in [0.2, 0.25) is 0 Å². The van der Waals surface area contributed by atoms with Crippen molar-refractivity contribution in [1.29, 1.82) is 0 Å². The number of pyridine rings is 1. The maximum absolute atomic E-state index is 13.5. The van der Waals surface area contributed by atoms with Crippen molar-refractivity contribution in [3.63, 3.8) is 0 Å². The summed E-state index contributed by atoms with van der Waals surface area (Å²) in [7, 11) is -3.87. The monoisotopic (exact) mass is 544 g/mol. The topological polar surface area (TPSA) is 88.1 Å². The van der Waals surface area contributed by atoms with E-state index in [0.717, 1.165) is 10.0 Å². The molecule has 0 unspecified atom stereocenters. The SMILES string of the molecule is Cc1ccc(S(=O)(=O)N2CCc3c([nH]n(-c4ccc(Br)c(Cl)c4)c3=O)-c3cccnc32)cc1. The summed E-state index contributed by atoms with van der Waals surface area (Å²) in [4.78, 5) is 17.9. The zero-order chi connectivity index (χ0) is 23.3. The molecule has 0 amide bonds. The van der Waals surface area contributed by atoms with E-state index in [4.69, 9.17) is 11.6 Å². The van der Waals surface area contributed by atoms with Crippen LogP contribution in [0, 0.1) is 6.92 Å². The number of aryl methyl sites for hydroxylation is 1. The lowest BCUT2D eigenvalue weighted by Crippen LogP contribution is -2.34. The highest BCUT2D eigenvalue weighted by Gasteiger charge is 2.33. The normalized spacial score (nSPS) is 13.4. The molecule has 1 aliphatic rings. The molecule has 0 spiro atoms. The summed E-state index contributed by atoms with van der Waals surface area (Å²) in [6, 6.07) is 15.4. The predicted octanol–water partition coefficient (Wildman–Crippen LogP) is 4.70. The number of nitrogens with one attached hydrogen (secondary N) is 1. The number of fused-ring (bicyclic) bond motifs is 3. The molecule has 2 aromatic carbocycles. The van der Waals surface area contributed by atoms with E-state index in [1.54, 1.807) is 60.8 Å². The number of hydrogen-bond acceptors (Lipinski definition) is 4. The van der Waals surface area contributed by atoms with Gasteiger partial charge in [0.25, 0.3) is 15.6 Å². The number of rotatable bonds is 3. The van der Waals surface area contributed by atoms with Crippen molar-refractivity contribution in [3.05, 3.63) is 91.8 Å². The molecule has 0 saturated heterocycles. The average molecular weight is 546 g/mol. The predicted molar refractivity (Wildman–Crippen MR) is 132 cm³/mol. The van der Waals surface area contributed by atoms with Crippen LogP contribution in [0.25, 0.3) is 16.9 Å². The Balaban J connectivity index is 1.66. The third-order valence-electron chi connectivity index (χ3n) is 5.61. The molecule has 3 heterocycles. The highest BCUT2D eigenvalue weighted by atomic mass is 79.9. The van der Waals surface area contributed by atoms with Crippen molar-refractivity contribution < 1.29 is 8.42 Å². The minimum atomic E-state index is -3.87. The van der Waals surface area contributed by atoms with Crippen molar-refractivity contribution in [2.45, 2.75) is 18.2 Å². The van der Waals surface area contributed by atoms with Crippen LogP contribution in [-0.4, -0.2) is 29.7 Å². The third-order valence-corrected chi connectivity index (χ3v) is 8.65. The van der Waals surface area contributed by atoms with Gasteiger partial charge >= 0.3 is 0 Å². The van der Waals surface area contributed by atoms with Crippen molar-refractivity contribution in [3.8, 4) is 16.9 Å². The smallest absolute Gasteiger partial charge is 0.275 e. The average Bonchev–Trinajstić information content (AvgIpc) is 3.02. The van der Waals surface area contributed by atoms with Gasteiger partial charge < -0.3 is 0 Å². The van der Waals surface area contributed by atoms with Gasteiger partial charge in [-0.2, -0.15) is 0 Å². The van der Waals surface area contributed by atoms with Crippen LogP contribution in [0.5, 0.6) is 0 Å². The minimum absolute atomic E-state index is 0.0847. The molecule has 0 aliphatic carbocycles. The Kier molecular flexibility index (Phi) is 5.43.